The summed E-state index contributed by atoms with van der Waals surface area (Å²) in [4.78, 5) is 9.13. The van der Waals surface area contributed by atoms with Gasteiger partial charge in [-0.25, -0.2) is 9.37 Å². The molecule has 112 valence electrons. The van der Waals surface area contributed by atoms with Gasteiger partial charge in [-0.2, -0.15) is 4.98 Å². The van der Waals surface area contributed by atoms with Crippen molar-refractivity contribution >= 4 is 21.6 Å². The fraction of sp³-hybridized carbons (Fsp3) is 0. The molecule has 0 fully saturated rings. The summed E-state index contributed by atoms with van der Waals surface area (Å²) < 4.78 is 19.8. The van der Waals surface area contributed by atoms with Crippen molar-refractivity contribution in [3.63, 3.8) is 0 Å². The van der Waals surface area contributed by atoms with Gasteiger partial charge >= 0.3 is 0 Å². The molecule has 0 unspecified atom stereocenters. The van der Waals surface area contributed by atoms with E-state index in [4.69, 9.17) is 4.74 Å². The molecule has 23 heavy (non-hydrogen) atoms. The standard InChI is InChI=1S/C18H11FN2OS/c19-13-6-8-14(9-7-13)22-18-16-15(10-11-23-16)20-17(21-18)12-4-2-1-3-5-12/h1-11H. The van der Waals surface area contributed by atoms with E-state index in [0.717, 1.165) is 15.8 Å². The summed E-state index contributed by atoms with van der Waals surface area (Å²) in [6.45, 7) is 0. The zero-order valence-corrected chi connectivity index (χ0v) is 12.8. The molecule has 0 aliphatic rings. The molecule has 0 saturated carbocycles. The van der Waals surface area contributed by atoms with Gasteiger partial charge in [-0.15, -0.1) is 11.3 Å². The highest BCUT2D eigenvalue weighted by Crippen LogP contribution is 2.33. The zero-order chi connectivity index (χ0) is 15.6. The minimum Gasteiger partial charge on any atom is -0.437 e. The lowest BCUT2D eigenvalue weighted by Crippen LogP contribution is -1.94. The fourth-order valence-electron chi connectivity index (χ4n) is 2.24. The van der Waals surface area contributed by atoms with Crippen LogP contribution in [0.2, 0.25) is 0 Å². The second kappa shape index (κ2) is 5.78. The molecule has 4 aromatic rings. The summed E-state index contributed by atoms with van der Waals surface area (Å²) in [5, 5.41) is 1.95. The number of thiophene rings is 1. The number of fused-ring (bicyclic) bond motifs is 1. The Hall–Kier alpha value is -2.79. The van der Waals surface area contributed by atoms with Gasteiger partial charge in [0.1, 0.15) is 16.3 Å². The summed E-state index contributed by atoms with van der Waals surface area (Å²) >= 11 is 1.52. The number of aromatic nitrogens is 2. The second-order valence-electron chi connectivity index (χ2n) is 4.91. The molecule has 0 aliphatic heterocycles. The summed E-state index contributed by atoms with van der Waals surface area (Å²) in [6.07, 6.45) is 0. The molecule has 4 rings (SSSR count). The first kappa shape index (κ1) is 13.8. The fourth-order valence-corrected chi connectivity index (χ4v) is 2.99. The maximum absolute atomic E-state index is 13.0. The summed E-state index contributed by atoms with van der Waals surface area (Å²) in [7, 11) is 0. The Morgan fingerprint density at radius 2 is 1.65 bits per heavy atom. The smallest absolute Gasteiger partial charge is 0.240 e. The molecule has 2 aromatic carbocycles. The molecule has 2 aromatic heterocycles. The van der Waals surface area contributed by atoms with Crippen LogP contribution in [-0.4, -0.2) is 9.97 Å². The topological polar surface area (TPSA) is 35.0 Å². The molecule has 0 N–H and O–H groups in total. The first-order valence-electron chi connectivity index (χ1n) is 7.04. The summed E-state index contributed by atoms with van der Waals surface area (Å²) in [5.41, 5.74) is 1.76. The van der Waals surface area contributed by atoms with E-state index in [-0.39, 0.29) is 5.82 Å². The predicted octanol–water partition coefficient (Wildman–Crippen LogP) is 5.29. The largest absolute Gasteiger partial charge is 0.437 e. The average Bonchev–Trinajstić information content (AvgIpc) is 3.06. The highest BCUT2D eigenvalue weighted by atomic mass is 32.1. The van der Waals surface area contributed by atoms with Crippen LogP contribution >= 0.6 is 11.3 Å². The van der Waals surface area contributed by atoms with Crippen LogP contribution in [0.25, 0.3) is 21.6 Å². The molecular formula is C18H11FN2OS. The van der Waals surface area contributed by atoms with Crippen LogP contribution in [0.3, 0.4) is 0 Å². The normalized spacial score (nSPS) is 10.8. The SMILES string of the molecule is Fc1ccc(Oc2nc(-c3ccccc3)nc3ccsc23)cc1. The van der Waals surface area contributed by atoms with E-state index < -0.39 is 0 Å². The maximum atomic E-state index is 13.0. The van der Waals surface area contributed by atoms with Gasteiger partial charge in [0.15, 0.2) is 5.82 Å². The Bertz CT molecular complexity index is 952. The van der Waals surface area contributed by atoms with Crippen LogP contribution in [0.4, 0.5) is 4.39 Å². The van der Waals surface area contributed by atoms with Gasteiger partial charge in [-0.1, -0.05) is 30.3 Å². The van der Waals surface area contributed by atoms with E-state index >= 15 is 0 Å². The van der Waals surface area contributed by atoms with E-state index in [0.29, 0.717) is 17.5 Å². The molecule has 0 bridgehead atoms. The number of rotatable bonds is 3. The second-order valence-corrected chi connectivity index (χ2v) is 5.83. The quantitative estimate of drug-likeness (QED) is 0.514. The van der Waals surface area contributed by atoms with E-state index in [1.165, 1.54) is 23.5 Å². The van der Waals surface area contributed by atoms with Crippen molar-refractivity contribution in [3.8, 4) is 23.0 Å². The monoisotopic (exact) mass is 322 g/mol. The molecule has 5 heteroatoms. The Morgan fingerprint density at radius 3 is 2.43 bits per heavy atom. The van der Waals surface area contributed by atoms with Gasteiger partial charge in [-0.3, -0.25) is 0 Å². The van der Waals surface area contributed by atoms with Crippen molar-refractivity contribution < 1.29 is 9.13 Å². The lowest BCUT2D eigenvalue weighted by Gasteiger charge is -2.08. The van der Waals surface area contributed by atoms with Crippen LogP contribution in [0, 0.1) is 5.82 Å². The van der Waals surface area contributed by atoms with Crippen molar-refractivity contribution in [2.24, 2.45) is 0 Å². The molecule has 0 aliphatic carbocycles. The minimum absolute atomic E-state index is 0.300. The molecular weight excluding hydrogens is 311 g/mol. The Labute approximate surface area is 136 Å². The molecule has 0 amide bonds. The summed E-state index contributed by atoms with van der Waals surface area (Å²) in [5.74, 6) is 1.33. The van der Waals surface area contributed by atoms with Crippen molar-refractivity contribution in [3.05, 3.63) is 71.9 Å². The molecule has 3 nitrogen and oxygen atoms in total. The van der Waals surface area contributed by atoms with Crippen molar-refractivity contribution in [2.45, 2.75) is 0 Å². The minimum atomic E-state index is -0.300. The third-order valence-corrected chi connectivity index (χ3v) is 4.22. The summed E-state index contributed by atoms with van der Waals surface area (Å²) in [6, 6.07) is 17.6. The maximum Gasteiger partial charge on any atom is 0.240 e. The number of nitrogens with zero attached hydrogens (tertiary/aromatic N) is 2. The third kappa shape index (κ3) is 2.78. The first-order chi connectivity index (χ1) is 11.3. The van der Waals surface area contributed by atoms with E-state index in [9.17, 15) is 4.39 Å². The Balaban J connectivity index is 1.81. The van der Waals surface area contributed by atoms with Crippen LogP contribution in [0.1, 0.15) is 0 Å². The van der Waals surface area contributed by atoms with E-state index in [1.54, 1.807) is 12.1 Å². The van der Waals surface area contributed by atoms with Crippen LogP contribution in [0.5, 0.6) is 11.6 Å². The number of hydrogen-bond donors (Lipinski definition) is 0. The number of ether oxygens (including phenoxy) is 1. The van der Waals surface area contributed by atoms with Crippen LogP contribution < -0.4 is 4.74 Å². The lowest BCUT2D eigenvalue weighted by molar-refractivity contribution is 0.468. The van der Waals surface area contributed by atoms with Gasteiger partial charge in [0.05, 0.1) is 5.52 Å². The molecule has 0 radical (unpaired) electrons. The van der Waals surface area contributed by atoms with Gasteiger partial charge in [-0.05, 0) is 35.7 Å². The zero-order valence-electron chi connectivity index (χ0n) is 11.9. The highest BCUT2D eigenvalue weighted by molar-refractivity contribution is 7.17. The van der Waals surface area contributed by atoms with Gasteiger partial charge in [0.25, 0.3) is 0 Å². The van der Waals surface area contributed by atoms with Crippen LogP contribution in [-0.2, 0) is 0 Å². The van der Waals surface area contributed by atoms with Crippen molar-refractivity contribution in [1.29, 1.82) is 0 Å². The third-order valence-electron chi connectivity index (χ3n) is 3.33. The predicted molar refractivity (Wildman–Crippen MR) is 89.3 cm³/mol. The van der Waals surface area contributed by atoms with Gasteiger partial charge in [0, 0.05) is 5.56 Å². The van der Waals surface area contributed by atoms with E-state index in [2.05, 4.69) is 9.97 Å². The van der Waals surface area contributed by atoms with Crippen molar-refractivity contribution in [2.75, 3.05) is 0 Å². The Morgan fingerprint density at radius 1 is 0.870 bits per heavy atom. The molecule has 2 heterocycles. The van der Waals surface area contributed by atoms with Crippen molar-refractivity contribution in [1.82, 2.24) is 9.97 Å². The van der Waals surface area contributed by atoms with Gasteiger partial charge in [0.2, 0.25) is 5.88 Å². The molecule has 0 spiro atoms. The van der Waals surface area contributed by atoms with Crippen LogP contribution in [0.15, 0.2) is 66.0 Å². The lowest BCUT2D eigenvalue weighted by atomic mass is 10.2. The first-order valence-corrected chi connectivity index (χ1v) is 7.92. The highest BCUT2D eigenvalue weighted by Gasteiger charge is 2.12. The number of halogens is 1. The Kier molecular flexibility index (Phi) is 3.48. The van der Waals surface area contributed by atoms with Gasteiger partial charge < -0.3 is 4.74 Å². The number of benzene rings is 2. The molecule has 0 atom stereocenters. The molecule has 0 saturated heterocycles. The average molecular weight is 322 g/mol. The van der Waals surface area contributed by atoms with E-state index in [1.807, 2.05) is 41.8 Å². The number of hydrogen-bond acceptors (Lipinski definition) is 4.